The fraction of sp³-hybridized carbons (Fsp3) is 0.200. The van der Waals surface area contributed by atoms with E-state index < -0.39 is 11.9 Å². The largest absolute Gasteiger partial charge is 0.473 e. The van der Waals surface area contributed by atoms with Crippen molar-refractivity contribution in [1.29, 1.82) is 0 Å². The van der Waals surface area contributed by atoms with Gasteiger partial charge in [-0.1, -0.05) is 35.9 Å². The summed E-state index contributed by atoms with van der Waals surface area (Å²) in [5, 5.41) is 20.3. The van der Waals surface area contributed by atoms with Gasteiger partial charge in [0.15, 0.2) is 0 Å². The molecule has 0 bridgehead atoms. The van der Waals surface area contributed by atoms with Crippen LogP contribution in [0.1, 0.15) is 16.0 Å². The first kappa shape index (κ1) is 16.9. The van der Waals surface area contributed by atoms with Gasteiger partial charge in [-0.3, -0.25) is 0 Å². The van der Waals surface area contributed by atoms with Crippen molar-refractivity contribution in [2.75, 3.05) is 0 Å². The van der Waals surface area contributed by atoms with E-state index >= 15 is 0 Å². The van der Waals surface area contributed by atoms with E-state index in [0.29, 0.717) is 0 Å². The molecule has 0 unspecified atom stereocenters. The number of aryl methyl sites for hydroxylation is 1. The third-order valence-corrected chi connectivity index (χ3v) is 3.39. The molecule has 1 aromatic carbocycles. The lowest BCUT2D eigenvalue weighted by Gasteiger charge is -2.03. The Morgan fingerprint density at radius 2 is 1.67 bits per heavy atom. The van der Waals surface area contributed by atoms with Gasteiger partial charge < -0.3 is 15.5 Å². The van der Waals surface area contributed by atoms with Crippen molar-refractivity contribution in [2.45, 2.75) is 20.0 Å². The summed E-state index contributed by atoms with van der Waals surface area (Å²) in [4.78, 5) is 19.6. The van der Waals surface area contributed by atoms with Crippen LogP contribution in [-0.4, -0.2) is 22.2 Å². The number of rotatable bonds is 4. The first-order chi connectivity index (χ1) is 9.99. The minimum Gasteiger partial charge on any atom is -0.473 e. The highest BCUT2D eigenvalue weighted by molar-refractivity contribution is 7.09. The predicted molar refractivity (Wildman–Crippen MR) is 81.3 cm³/mol. The van der Waals surface area contributed by atoms with E-state index in [0.717, 1.165) is 13.1 Å². The summed E-state index contributed by atoms with van der Waals surface area (Å²) in [5.41, 5.74) is 2.66. The van der Waals surface area contributed by atoms with Crippen molar-refractivity contribution in [3.05, 3.63) is 57.8 Å². The van der Waals surface area contributed by atoms with E-state index in [1.165, 1.54) is 16.0 Å². The standard InChI is InChI=1S/C13H15NS.C2H2O4/c1-11-4-6-12(7-5-11)9-14-10-13-3-2-8-15-13;3-1(4)2(5)6/h2-8,14H,9-10H2,1H3;(H,3,4)(H,5,6). The van der Waals surface area contributed by atoms with Crippen LogP contribution < -0.4 is 5.32 Å². The van der Waals surface area contributed by atoms with Crippen LogP contribution in [0, 0.1) is 6.92 Å². The van der Waals surface area contributed by atoms with Gasteiger partial charge in [-0.25, -0.2) is 9.59 Å². The maximum absolute atomic E-state index is 9.10. The molecule has 0 radical (unpaired) electrons. The molecule has 0 aliphatic carbocycles. The summed E-state index contributed by atoms with van der Waals surface area (Å²) in [7, 11) is 0. The fourth-order valence-electron chi connectivity index (χ4n) is 1.45. The second-order valence-electron chi connectivity index (χ2n) is 4.28. The molecule has 0 saturated heterocycles. The summed E-state index contributed by atoms with van der Waals surface area (Å²) in [6, 6.07) is 12.9. The Morgan fingerprint density at radius 3 is 2.14 bits per heavy atom. The minimum atomic E-state index is -1.82. The molecule has 2 aromatic rings. The predicted octanol–water partition coefficient (Wildman–Crippen LogP) is 2.50. The molecule has 5 nitrogen and oxygen atoms in total. The first-order valence-electron chi connectivity index (χ1n) is 6.24. The Hall–Kier alpha value is -2.18. The van der Waals surface area contributed by atoms with Gasteiger partial charge >= 0.3 is 11.9 Å². The normalized spacial score (nSPS) is 9.57. The molecular formula is C15H17NO4S. The summed E-state index contributed by atoms with van der Waals surface area (Å²) < 4.78 is 0. The van der Waals surface area contributed by atoms with Crippen molar-refractivity contribution in [1.82, 2.24) is 5.32 Å². The van der Waals surface area contributed by atoms with E-state index in [-0.39, 0.29) is 0 Å². The van der Waals surface area contributed by atoms with Crippen LogP contribution in [0.5, 0.6) is 0 Å². The quantitative estimate of drug-likeness (QED) is 0.756. The molecule has 2 rings (SSSR count). The second-order valence-corrected chi connectivity index (χ2v) is 5.31. The number of carbonyl (C=O) groups is 2. The first-order valence-corrected chi connectivity index (χ1v) is 7.12. The third kappa shape index (κ3) is 7.24. The van der Waals surface area contributed by atoms with Crippen LogP contribution in [0.3, 0.4) is 0 Å². The lowest BCUT2D eigenvalue weighted by Crippen LogP contribution is -2.11. The Morgan fingerprint density at radius 1 is 1.05 bits per heavy atom. The van der Waals surface area contributed by atoms with Gasteiger partial charge in [-0.15, -0.1) is 11.3 Å². The highest BCUT2D eigenvalue weighted by Crippen LogP contribution is 2.08. The lowest BCUT2D eigenvalue weighted by atomic mass is 10.1. The molecule has 1 aromatic heterocycles. The Bertz CT molecular complexity index is 552. The molecular weight excluding hydrogens is 290 g/mol. The highest BCUT2D eigenvalue weighted by atomic mass is 32.1. The molecule has 21 heavy (non-hydrogen) atoms. The van der Waals surface area contributed by atoms with Gasteiger partial charge in [0.2, 0.25) is 0 Å². The number of hydrogen-bond donors (Lipinski definition) is 3. The molecule has 0 spiro atoms. The van der Waals surface area contributed by atoms with Crippen molar-refractivity contribution in [3.8, 4) is 0 Å². The number of hydrogen-bond acceptors (Lipinski definition) is 4. The van der Waals surface area contributed by atoms with Gasteiger partial charge in [0.05, 0.1) is 0 Å². The zero-order valence-corrected chi connectivity index (χ0v) is 12.4. The van der Waals surface area contributed by atoms with Crippen LogP contribution in [0.25, 0.3) is 0 Å². The molecule has 0 atom stereocenters. The van der Waals surface area contributed by atoms with Crippen LogP contribution in [-0.2, 0) is 22.7 Å². The van der Waals surface area contributed by atoms with E-state index in [2.05, 4.69) is 54.0 Å². The van der Waals surface area contributed by atoms with E-state index in [1.54, 1.807) is 11.3 Å². The summed E-state index contributed by atoms with van der Waals surface area (Å²) in [5.74, 6) is -3.65. The van der Waals surface area contributed by atoms with Crippen molar-refractivity contribution in [3.63, 3.8) is 0 Å². The maximum Gasteiger partial charge on any atom is 0.414 e. The number of nitrogens with one attached hydrogen (secondary N) is 1. The van der Waals surface area contributed by atoms with Gasteiger partial charge in [0, 0.05) is 18.0 Å². The number of carboxylic acids is 2. The van der Waals surface area contributed by atoms with Gasteiger partial charge in [0.25, 0.3) is 0 Å². The summed E-state index contributed by atoms with van der Waals surface area (Å²) in [6.07, 6.45) is 0. The monoisotopic (exact) mass is 307 g/mol. The van der Waals surface area contributed by atoms with Crippen LogP contribution >= 0.6 is 11.3 Å². The average molecular weight is 307 g/mol. The van der Waals surface area contributed by atoms with Crippen molar-refractivity contribution in [2.24, 2.45) is 0 Å². The number of aliphatic carboxylic acids is 2. The molecule has 112 valence electrons. The number of thiophene rings is 1. The Balaban J connectivity index is 0.000000315. The zero-order chi connectivity index (χ0) is 15.7. The fourth-order valence-corrected chi connectivity index (χ4v) is 2.12. The SMILES string of the molecule is Cc1ccc(CNCc2cccs2)cc1.O=C(O)C(=O)O. The Kier molecular flexibility index (Phi) is 7.14. The molecule has 6 heteroatoms. The molecule has 0 fully saturated rings. The molecule has 0 aliphatic rings. The van der Waals surface area contributed by atoms with Crippen LogP contribution in [0.15, 0.2) is 41.8 Å². The molecule has 3 N–H and O–H groups in total. The lowest BCUT2D eigenvalue weighted by molar-refractivity contribution is -0.159. The van der Waals surface area contributed by atoms with Gasteiger partial charge in [0.1, 0.15) is 0 Å². The molecule has 0 aliphatic heterocycles. The average Bonchev–Trinajstić information content (AvgIpc) is 2.95. The highest BCUT2D eigenvalue weighted by Gasteiger charge is 2.04. The summed E-state index contributed by atoms with van der Waals surface area (Å²) >= 11 is 1.80. The van der Waals surface area contributed by atoms with Crippen LogP contribution in [0.2, 0.25) is 0 Å². The maximum atomic E-state index is 9.10. The molecule has 0 saturated carbocycles. The summed E-state index contributed by atoms with van der Waals surface area (Å²) in [6.45, 7) is 4.02. The third-order valence-electron chi connectivity index (χ3n) is 2.51. The minimum absolute atomic E-state index is 0.943. The number of benzene rings is 1. The molecule has 0 amide bonds. The van der Waals surface area contributed by atoms with Crippen molar-refractivity contribution >= 4 is 23.3 Å². The smallest absolute Gasteiger partial charge is 0.414 e. The number of carboxylic acid groups (broad SMARTS) is 2. The van der Waals surface area contributed by atoms with Crippen LogP contribution in [0.4, 0.5) is 0 Å². The van der Waals surface area contributed by atoms with Gasteiger partial charge in [-0.2, -0.15) is 0 Å². The topological polar surface area (TPSA) is 86.6 Å². The molecule has 1 heterocycles. The van der Waals surface area contributed by atoms with E-state index in [9.17, 15) is 0 Å². The zero-order valence-electron chi connectivity index (χ0n) is 11.6. The van der Waals surface area contributed by atoms with E-state index in [4.69, 9.17) is 19.8 Å². The van der Waals surface area contributed by atoms with Gasteiger partial charge in [-0.05, 0) is 23.9 Å². The second kappa shape index (κ2) is 8.89. The Labute approximate surface area is 126 Å². The van der Waals surface area contributed by atoms with Crippen molar-refractivity contribution < 1.29 is 19.8 Å². The van der Waals surface area contributed by atoms with E-state index in [1.807, 2.05) is 0 Å².